The largest absolute Gasteiger partial charge is 0.455 e. The molecule has 0 saturated carbocycles. The zero-order valence-corrected chi connectivity index (χ0v) is 29.9. The van der Waals surface area contributed by atoms with Crippen molar-refractivity contribution in [2.24, 2.45) is 0 Å². The Morgan fingerprint density at radius 3 is 1.93 bits per heavy atom. The molecule has 11 aromatic rings. The van der Waals surface area contributed by atoms with Gasteiger partial charge in [-0.15, -0.1) is 0 Å². The van der Waals surface area contributed by atoms with E-state index in [0.717, 1.165) is 66.8 Å². The Bertz CT molecular complexity index is 3220. The van der Waals surface area contributed by atoms with Gasteiger partial charge in [0.1, 0.15) is 11.2 Å². The number of benzene rings is 9. The molecule has 258 valence electrons. The second-order valence-corrected chi connectivity index (χ2v) is 14.1. The first-order valence-electron chi connectivity index (χ1n) is 18.8. The van der Waals surface area contributed by atoms with E-state index in [2.05, 4.69) is 210 Å². The molecule has 2 heterocycles. The summed E-state index contributed by atoms with van der Waals surface area (Å²) in [7, 11) is 0. The minimum atomic E-state index is 0.897. The number of para-hydroxylation sites is 5. The van der Waals surface area contributed by atoms with Crippen molar-refractivity contribution in [3.05, 3.63) is 206 Å². The van der Waals surface area contributed by atoms with Gasteiger partial charge < -0.3 is 13.9 Å². The van der Waals surface area contributed by atoms with Crippen LogP contribution in [0.15, 0.2) is 211 Å². The fraction of sp³-hybridized carbons (Fsp3) is 0. The third-order valence-electron chi connectivity index (χ3n) is 11.0. The monoisotopic (exact) mass is 702 g/mol. The van der Waals surface area contributed by atoms with E-state index < -0.39 is 0 Å². The first kappa shape index (κ1) is 31.2. The lowest BCUT2D eigenvalue weighted by Gasteiger charge is -2.28. The van der Waals surface area contributed by atoms with Gasteiger partial charge in [-0.2, -0.15) is 0 Å². The average Bonchev–Trinajstić information content (AvgIpc) is 3.80. The van der Waals surface area contributed by atoms with E-state index >= 15 is 0 Å². The first-order chi connectivity index (χ1) is 27.3. The molecule has 9 aromatic carbocycles. The summed E-state index contributed by atoms with van der Waals surface area (Å²) in [5.41, 5.74) is 13.0. The molecule has 0 unspecified atom stereocenters. The molecule has 3 nitrogen and oxygen atoms in total. The van der Waals surface area contributed by atoms with Gasteiger partial charge in [0.15, 0.2) is 0 Å². The molecule has 0 bridgehead atoms. The molecule has 0 aliphatic heterocycles. The normalized spacial score (nSPS) is 11.6. The van der Waals surface area contributed by atoms with E-state index in [1.165, 1.54) is 32.7 Å². The Labute approximate surface area is 318 Å². The summed E-state index contributed by atoms with van der Waals surface area (Å²) in [4.78, 5) is 2.41. The van der Waals surface area contributed by atoms with Gasteiger partial charge in [-0.05, 0) is 64.9 Å². The lowest BCUT2D eigenvalue weighted by atomic mass is 10.00. The number of aromatic nitrogens is 1. The lowest BCUT2D eigenvalue weighted by molar-refractivity contribution is 0.670. The van der Waals surface area contributed by atoms with Crippen LogP contribution in [0, 0.1) is 0 Å². The van der Waals surface area contributed by atoms with Crippen LogP contribution in [0.25, 0.3) is 82.5 Å². The van der Waals surface area contributed by atoms with Gasteiger partial charge in [0, 0.05) is 49.6 Å². The standard InChI is InChI=1S/C52H34N2O/c1-2-16-36(17-3-1)40-19-6-10-25-47(40)53(38-30-29-35-15-4-5-18-37(35)33-38)39-31-32-43-41-20-7-11-26-48(41)54(50(43)34-39)49-27-12-8-21-42(49)45-23-14-24-46-44-22-9-13-28-51(44)55-52(45)46/h1-34H. The van der Waals surface area contributed by atoms with Crippen molar-refractivity contribution in [2.45, 2.75) is 0 Å². The van der Waals surface area contributed by atoms with E-state index in [-0.39, 0.29) is 0 Å². The fourth-order valence-electron chi connectivity index (χ4n) is 8.49. The van der Waals surface area contributed by atoms with Gasteiger partial charge in [-0.1, -0.05) is 158 Å². The van der Waals surface area contributed by atoms with Gasteiger partial charge in [0.2, 0.25) is 0 Å². The van der Waals surface area contributed by atoms with Gasteiger partial charge in [-0.25, -0.2) is 0 Å². The summed E-state index contributed by atoms with van der Waals surface area (Å²) in [6.45, 7) is 0. The smallest absolute Gasteiger partial charge is 0.143 e. The van der Waals surface area contributed by atoms with Gasteiger partial charge >= 0.3 is 0 Å². The maximum absolute atomic E-state index is 6.60. The van der Waals surface area contributed by atoms with Crippen LogP contribution < -0.4 is 4.90 Å². The molecule has 0 aliphatic rings. The molecule has 0 atom stereocenters. The Kier molecular flexibility index (Phi) is 7.17. The van der Waals surface area contributed by atoms with Crippen LogP contribution in [0.4, 0.5) is 17.1 Å². The van der Waals surface area contributed by atoms with Crippen molar-refractivity contribution in [3.8, 4) is 27.9 Å². The summed E-state index contributed by atoms with van der Waals surface area (Å²) in [6.07, 6.45) is 0. The van der Waals surface area contributed by atoms with Crippen molar-refractivity contribution in [1.82, 2.24) is 4.57 Å². The second kappa shape index (κ2) is 12.6. The van der Waals surface area contributed by atoms with Gasteiger partial charge in [0.05, 0.1) is 22.4 Å². The zero-order chi connectivity index (χ0) is 36.3. The molecular weight excluding hydrogens is 669 g/mol. The second-order valence-electron chi connectivity index (χ2n) is 14.1. The van der Waals surface area contributed by atoms with E-state index in [4.69, 9.17) is 4.42 Å². The van der Waals surface area contributed by atoms with Crippen molar-refractivity contribution in [2.75, 3.05) is 4.90 Å². The van der Waals surface area contributed by atoms with E-state index in [1.54, 1.807) is 0 Å². The first-order valence-corrected chi connectivity index (χ1v) is 18.8. The van der Waals surface area contributed by atoms with Crippen LogP contribution in [0.5, 0.6) is 0 Å². The molecule has 0 fully saturated rings. The van der Waals surface area contributed by atoms with Crippen LogP contribution in [0.1, 0.15) is 0 Å². The summed E-state index contributed by atoms with van der Waals surface area (Å²) in [5.74, 6) is 0. The molecule has 0 aliphatic carbocycles. The summed E-state index contributed by atoms with van der Waals surface area (Å²) < 4.78 is 9.03. The Balaban J connectivity index is 1.18. The van der Waals surface area contributed by atoms with Crippen LogP contribution in [0.2, 0.25) is 0 Å². The van der Waals surface area contributed by atoms with Crippen molar-refractivity contribution in [1.29, 1.82) is 0 Å². The molecule has 2 aromatic heterocycles. The Hall–Kier alpha value is -7.36. The summed E-state index contributed by atoms with van der Waals surface area (Å²) in [5, 5.41) is 7.08. The quantitative estimate of drug-likeness (QED) is 0.172. The van der Waals surface area contributed by atoms with Crippen LogP contribution >= 0.6 is 0 Å². The van der Waals surface area contributed by atoms with Crippen molar-refractivity contribution >= 4 is 71.6 Å². The highest BCUT2D eigenvalue weighted by molar-refractivity contribution is 6.13. The number of hydrogen-bond donors (Lipinski definition) is 0. The maximum Gasteiger partial charge on any atom is 0.143 e. The van der Waals surface area contributed by atoms with E-state index in [9.17, 15) is 0 Å². The van der Waals surface area contributed by atoms with Crippen LogP contribution in [-0.4, -0.2) is 4.57 Å². The molecule has 55 heavy (non-hydrogen) atoms. The molecule has 0 saturated heterocycles. The Morgan fingerprint density at radius 1 is 0.382 bits per heavy atom. The Morgan fingerprint density at radius 2 is 1.02 bits per heavy atom. The van der Waals surface area contributed by atoms with Crippen molar-refractivity contribution in [3.63, 3.8) is 0 Å². The molecule has 0 amide bonds. The average molecular weight is 703 g/mol. The fourth-order valence-corrected chi connectivity index (χ4v) is 8.49. The predicted molar refractivity (Wildman–Crippen MR) is 231 cm³/mol. The van der Waals surface area contributed by atoms with Crippen molar-refractivity contribution < 1.29 is 4.42 Å². The third-order valence-corrected chi connectivity index (χ3v) is 11.0. The van der Waals surface area contributed by atoms with Crippen LogP contribution in [-0.2, 0) is 0 Å². The van der Waals surface area contributed by atoms with E-state index in [1.807, 2.05) is 6.07 Å². The summed E-state index contributed by atoms with van der Waals surface area (Å²) >= 11 is 0. The van der Waals surface area contributed by atoms with Crippen LogP contribution in [0.3, 0.4) is 0 Å². The topological polar surface area (TPSA) is 21.3 Å². The molecule has 3 heteroatoms. The maximum atomic E-state index is 6.60. The molecular formula is C52H34N2O. The molecule has 0 spiro atoms. The lowest BCUT2D eigenvalue weighted by Crippen LogP contribution is -2.11. The number of furan rings is 1. The minimum Gasteiger partial charge on any atom is -0.455 e. The number of hydrogen-bond acceptors (Lipinski definition) is 2. The molecule has 11 rings (SSSR count). The summed E-state index contributed by atoms with van der Waals surface area (Å²) in [6, 6.07) is 74.0. The van der Waals surface area contributed by atoms with E-state index in [0.29, 0.717) is 0 Å². The minimum absolute atomic E-state index is 0.897. The van der Waals surface area contributed by atoms with Gasteiger partial charge in [0.25, 0.3) is 0 Å². The highest BCUT2D eigenvalue weighted by atomic mass is 16.3. The predicted octanol–water partition coefficient (Wildman–Crippen LogP) is 14.6. The zero-order valence-electron chi connectivity index (χ0n) is 29.9. The third kappa shape index (κ3) is 5.05. The molecule has 0 N–H and O–H groups in total. The van der Waals surface area contributed by atoms with Gasteiger partial charge in [-0.3, -0.25) is 0 Å². The highest BCUT2D eigenvalue weighted by Gasteiger charge is 2.22. The molecule has 0 radical (unpaired) electrons. The highest BCUT2D eigenvalue weighted by Crippen LogP contribution is 2.45. The number of fused-ring (bicyclic) bond motifs is 7. The number of anilines is 3. The number of nitrogens with zero attached hydrogens (tertiary/aromatic N) is 2. The number of rotatable bonds is 6. The SMILES string of the molecule is c1ccc(-c2ccccc2N(c2ccc3ccccc3c2)c2ccc3c4ccccc4n(-c4ccccc4-c4cccc5c4oc4ccccc45)c3c2)cc1.